The molecule has 0 radical (unpaired) electrons. The Hall–Kier alpha value is -2.09. The van der Waals surface area contributed by atoms with Gasteiger partial charge in [-0.15, -0.1) is 0 Å². The van der Waals surface area contributed by atoms with Crippen molar-refractivity contribution in [3.63, 3.8) is 0 Å². The highest BCUT2D eigenvalue weighted by Crippen LogP contribution is 2.19. The Morgan fingerprint density at radius 2 is 1.95 bits per heavy atom. The average Bonchev–Trinajstić information content (AvgIpc) is 2.80. The topological polar surface area (TPSA) is 81.4 Å². The largest absolute Gasteiger partial charge is 0.362 e. The van der Waals surface area contributed by atoms with Gasteiger partial charge in [0.25, 0.3) is 0 Å². The molecule has 3 rings (SSSR count). The minimum absolute atomic E-state index is 0.494. The van der Waals surface area contributed by atoms with Crippen molar-refractivity contribution < 1.29 is 0 Å². The van der Waals surface area contributed by atoms with E-state index in [1.807, 2.05) is 14.0 Å². The van der Waals surface area contributed by atoms with Gasteiger partial charge in [-0.25, -0.2) is 19.9 Å². The second-order valence-electron chi connectivity index (χ2n) is 4.30. The predicted octanol–water partition coefficient (Wildman–Crippen LogP) is 1.84. The molecule has 8 heteroatoms. The van der Waals surface area contributed by atoms with Crippen LogP contribution in [0.25, 0.3) is 11.0 Å². The quantitative estimate of drug-likeness (QED) is 0.787. The van der Waals surface area contributed by atoms with Gasteiger partial charge in [0.2, 0.25) is 0 Å². The monoisotopic (exact) mass is 333 g/mol. The molecule has 0 saturated carbocycles. The lowest BCUT2D eigenvalue weighted by molar-refractivity contribution is 0.783. The number of hydrogen-bond donors (Lipinski definition) is 1. The SMILES string of the molecule is Cc1nc(NCc2ncc(Br)cn2)c2cnn(C)c2n1. The molecule has 0 aromatic carbocycles. The fraction of sp³-hybridized carbons (Fsp3) is 0.250. The summed E-state index contributed by atoms with van der Waals surface area (Å²) in [7, 11) is 1.86. The summed E-state index contributed by atoms with van der Waals surface area (Å²) in [5.74, 6) is 2.13. The number of nitrogens with zero attached hydrogens (tertiary/aromatic N) is 6. The standard InChI is InChI=1S/C12H12BrN7/c1-7-18-11(9-5-17-20(2)12(9)19-7)16-6-10-14-3-8(13)4-15-10/h3-5H,6H2,1-2H3,(H,16,18,19). The minimum Gasteiger partial charge on any atom is -0.362 e. The summed E-state index contributed by atoms with van der Waals surface area (Å²) in [6.07, 6.45) is 5.18. The van der Waals surface area contributed by atoms with E-state index in [2.05, 4.69) is 46.3 Å². The fourth-order valence-corrected chi connectivity index (χ4v) is 2.06. The second kappa shape index (κ2) is 5.12. The number of anilines is 1. The highest BCUT2D eigenvalue weighted by atomic mass is 79.9. The molecule has 0 spiro atoms. The van der Waals surface area contributed by atoms with Crippen LogP contribution in [0.5, 0.6) is 0 Å². The van der Waals surface area contributed by atoms with Crippen LogP contribution >= 0.6 is 15.9 Å². The number of hydrogen-bond acceptors (Lipinski definition) is 6. The van der Waals surface area contributed by atoms with Crippen molar-refractivity contribution in [2.75, 3.05) is 5.32 Å². The molecule has 0 bridgehead atoms. The van der Waals surface area contributed by atoms with Crippen molar-refractivity contribution in [1.82, 2.24) is 29.7 Å². The molecule has 102 valence electrons. The number of halogens is 1. The van der Waals surface area contributed by atoms with E-state index < -0.39 is 0 Å². The Bertz CT molecular complexity index is 750. The lowest BCUT2D eigenvalue weighted by Crippen LogP contribution is -2.07. The Morgan fingerprint density at radius 1 is 1.20 bits per heavy atom. The van der Waals surface area contributed by atoms with Crippen LogP contribution in [0.15, 0.2) is 23.1 Å². The smallest absolute Gasteiger partial charge is 0.163 e. The lowest BCUT2D eigenvalue weighted by Gasteiger charge is -2.06. The summed E-state index contributed by atoms with van der Waals surface area (Å²) in [5.41, 5.74) is 0.803. The second-order valence-corrected chi connectivity index (χ2v) is 5.21. The van der Waals surface area contributed by atoms with Crippen LogP contribution in [0.4, 0.5) is 5.82 Å². The van der Waals surface area contributed by atoms with Gasteiger partial charge in [0.15, 0.2) is 5.65 Å². The zero-order valence-corrected chi connectivity index (χ0v) is 12.6. The third-order valence-corrected chi connectivity index (χ3v) is 3.20. The van der Waals surface area contributed by atoms with Crippen molar-refractivity contribution in [2.45, 2.75) is 13.5 Å². The van der Waals surface area contributed by atoms with Gasteiger partial charge in [-0.05, 0) is 22.9 Å². The first-order valence-corrected chi connectivity index (χ1v) is 6.79. The molecule has 20 heavy (non-hydrogen) atoms. The van der Waals surface area contributed by atoms with E-state index in [1.165, 1.54) is 0 Å². The maximum atomic E-state index is 4.41. The average molecular weight is 334 g/mol. The van der Waals surface area contributed by atoms with Gasteiger partial charge >= 0.3 is 0 Å². The van der Waals surface area contributed by atoms with Crippen molar-refractivity contribution in [2.24, 2.45) is 7.05 Å². The third-order valence-electron chi connectivity index (χ3n) is 2.79. The number of fused-ring (bicyclic) bond motifs is 1. The molecule has 3 aromatic rings. The molecule has 7 nitrogen and oxygen atoms in total. The minimum atomic E-state index is 0.494. The summed E-state index contributed by atoms with van der Waals surface area (Å²) in [6, 6.07) is 0. The lowest BCUT2D eigenvalue weighted by atomic mass is 10.3. The molecule has 3 aromatic heterocycles. The molecule has 0 atom stereocenters. The molecular weight excluding hydrogens is 322 g/mol. The van der Waals surface area contributed by atoms with Gasteiger partial charge in [0, 0.05) is 19.4 Å². The van der Waals surface area contributed by atoms with Crippen LogP contribution in [0.2, 0.25) is 0 Å². The Labute approximate surface area is 123 Å². The van der Waals surface area contributed by atoms with E-state index in [9.17, 15) is 0 Å². The van der Waals surface area contributed by atoms with E-state index >= 15 is 0 Å². The van der Waals surface area contributed by atoms with Crippen LogP contribution in [-0.4, -0.2) is 29.7 Å². The third kappa shape index (κ3) is 2.46. The van der Waals surface area contributed by atoms with Crippen LogP contribution < -0.4 is 5.32 Å². The summed E-state index contributed by atoms with van der Waals surface area (Å²) in [6.45, 7) is 2.35. The molecule has 0 aliphatic heterocycles. The molecule has 3 heterocycles. The summed E-state index contributed by atoms with van der Waals surface area (Å²) >= 11 is 3.31. The molecule has 1 N–H and O–H groups in total. The van der Waals surface area contributed by atoms with Crippen LogP contribution in [0.3, 0.4) is 0 Å². The first-order chi connectivity index (χ1) is 9.63. The highest BCUT2D eigenvalue weighted by molar-refractivity contribution is 9.10. The van der Waals surface area contributed by atoms with Gasteiger partial charge in [-0.1, -0.05) is 0 Å². The van der Waals surface area contributed by atoms with Crippen LogP contribution in [-0.2, 0) is 13.6 Å². The maximum absolute atomic E-state index is 4.41. The normalized spacial score (nSPS) is 10.9. The van der Waals surface area contributed by atoms with Crippen molar-refractivity contribution in [1.29, 1.82) is 0 Å². The van der Waals surface area contributed by atoms with Crippen molar-refractivity contribution >= 4 is 32.8 Å². The van der Waals surface area contributed by atoms with E-state index in [0.717, 1.165) is 21.3 Å². The van der Waals surface area contributed by atoms with Gasteiger partial charge < -0.3 is 5.32 Å². The fourth-order valence-electron chi connectivity index (χ4n) is 1.86. The number of rotatable bonds is 3. The summed E-state index contributed by atoms with van der Waals surface area (Å²) in [5, 5.41) is 8.32. The molecular formula is C12H12BrN7. The van der Waals surface area contributed by atoms with Crippen molar-refractivity contribution in [3.05, 3.63) is 34.7 Å². The van der Waals surface area contributed by atoms with Gasteiger partial charge in [0.1, 0.15) is 17.5 Å². The van der Waals surface area contributed by atoms with Crippen LogP contribution in [0, 0.1) is 6.92 Å². The van der Waals surface area contributed by atoms with Crippen molar-refractivity contribution in [3.8, 4) is 0 Å². The van der Waals surface area contributed by atoms with E-state index in [0.29, 0.717) is 18.2 Å². The van der Waals surface area contributed by atoms with E-state index in [4.69, 9.17) is 0 Å². The Kier molecular flexibility index (Phi) is 3.31. The highest BCUT2D eigenvalue weighted by Gasteiger charge is 2.09. The number of aryl methyl sites for hydroxylation is 2. The van der Waals surface area contributed by atoms with Gasteiger partial charge in [-0.3, -0.25) is 4.68 Å². The molecule has 0 aliphatic carbocycles. The van der Waals surface area contributed by atoms with E-state index in [1.54, 1.807) is 23.3 Å². The first kappa shape index (κ1) is 12.9. The van der Waals surface area contributed by atoms with Gasteiger partial charge in [0.05, 0.1) is 22.6 Å². The molecule has 0 aliphatic rings. The Balaban J connectivity index is 1.89. The molecule has 0 unspecified atom stereocenters. The Morgan fingerprint density at radius 3 is 2.70 bits per heavy atom. The first-order valence-electron chi connectivity index (χ1n) is 6.00. The number of aromatic nitrogens is 6. The number of nitrogens with one attached hydrogen (secondary N) is 1. The molecule has 0 fully saturated rings. The van der Waals surface area contributed by atoms with Gasteiger partial charge in [-0.2, -0.15) is 5.10 Å². The molecule has 0 saturated heterocycles. The molecule has 0 amide bonds. The zero-order valence-electron chi connectivity index (χ0n) is 11.0. The van der Waals surface area contributed by atoms with E-state index in [-0.39, 0.29) is 0 Å². The summed E-state index contributed by atoms with van der Waals surface area (Å²) in [4.78, 5) is 17.2. The maximum Gasteiger partial charge on any atom is 0.163 e. The predicted molar refractivity (Wildman–Crippen MR) is 78.1 cm³/mol. The van der Waals surface area contributed by atoms with Crippen LogP contribution in [0.1, 0.15) is 11.6 Å². The summed E-state index contributed by atoms with van der Waals surface area (Å²) < 4.78 is 2.58. The zero-order chi connectivity index (χ0) is 14.1.